The molecule has 0 spiro atoms. The van der Waals surface area contributed by atoms with E-state index in [2.05, 4.69) is 20.8 Å². The molecule has 0 aliphatic heterocycles. The first-order valence-electron chi connectivity index (χ1n) is 7.63. The van der Waals surface area contributed by atoms with Gasteiger partial charge in [-0.2, -0.15) is 0 Å². The van der Waals surface area contributed by atoms with Crippen molar-refractivity contribution in [2.24, 2.45) is 11.3 Å². The number of aryl methyl sites for hydroxylation is 1. The van der Waals surface area contributed by atoms with E-state index in [1.54, 1.807) is 0 Å². The molecule has 0 saturated heterocycles. The van der Waals surface area contributed by atoms with Crippen molar-refractivity contribution in [2.45, 2.75) is 58.8 Å². The average molecular weight is 272 g/mol. The Balaban J connectivity index is 2.22. The van der Waals surface area contributed by atoms with E-state index in [9.17, 15) is 9.90 Å². The molecular weight excluding hydrogens is 248 g/mol. The fourth-order valence-electron chi connectivity index (χ4n) is 4.64. The van der Waals surface area contributed by atoms with Gasteiger partial charge in [-0.25, -0.2) is 0 Å². The molecule has 1 aromatic carbocycles. The molecule has 2 aliphatic rings. The van der Waals surface area contributed by atoms with E-state index < -0.39 is 0 Å². The van der Waals surface area contributed by atoms with Crippen molar-refractivity contribution in [3.05, 3.63) is 28.8 Å². The fourth-order valence-corrected chi connectivity index (χ4v) is 4.64. The Morgan fingerprint density at radius 2 is 1.90 bits per heavy atom. The van der Waals surface area contributed by atoms with E-state index in [-0.39, 0.29) is 16.6 Å². The zero-order valence-corrected chi connectivity index (χ0v) is 12.9. The summed E-state index contributed by atoms with van der Waals surface area (Å²) in [4.78, 5) is 12.6. The van der Waals surface area contributed by atoms with Crippen molar-refractivity contribution in [3.8, 4) is 5.75 Å². The molecule has 2 nitrogen and oxygen atoms in total. The Hall–Kier alpha value is -1.31. The first-order chi connectivity index (χ1) is 9.25. The lowest BCUT2D eigenvalue weighted by atomic mass is 9.50. The molecule has 0 aromatic heterocycles. The van der Waals surface area contributed by atoms with Crippen molar-refractivity contribution in [3.63, 3.8) is 0 Å². The summed E-state index contributed by atoms with van der Waals surface area (Å²) in [7, 11) is 0. The molecule has 3 rings (SSSR count). The standard InChI is InChI=1S/C18H24O2/c1-11-8-12-13(9-14(11)19)18(4)7-5-6-17(2,3)16(18)10-15(12)20/h8-9,16,19H,5-7,10H2,1-4H3/t16-,18+/m1/s1. The van der Waals surface area contributed by atoms with E-state index in [4.69, 9.17) is 0 Å². The third kappa shape index (κ3) is 1.73. The number of carbonyl (C=O) groups excluding carboxylic acids is 1. The zero-order valence-electron chi connectivity index (χ0n) is 12.9. The second-order valence-corrected chi connectivity index (χ2v) is 7.62. The van der Waals surface area contributed by atoms with E-state index in [0.717, 1.165) is 23.1 Å². The number of phenols is 1. The highest BCUT2D eigenvalue weighted by Crippen LogP contribution is 2.57. The molecule has 0 bridgehead atoms. The van der Waals surface area contributed by atoms with E-state index >= 15 is 0 Å². The molecule has 1 N–H and O–H groups in total. The van der Waals surface area contributed by atoms with Crippen molar-refractivity contribution < 1.29 is 9.90 Å². The van der Waals surface area contributed by atoms with Crippen molar-refractivity contribution in [1.29, 1.82) is 0 Å². The van der Waals surface area contributed by atoms with Crippen LogP contribution in [0.25, 0.3) is 0 Å². The Labute approximate surface area is 121 Å². The van der Waals surface area contributed by atoms with Crippen LogP contribution in [0.15, 0.2) is 12.1 Å². The molecule has 1 saturated carbocycles. The number of hydrogen-bond acceptors (Lipinski definition) is 2. The predicted octanol–water partition coefficient (Wildman–Crippen LogP) is 4.37. The number of hydrogen-bond donors (Lipinski definition) is 1. The third-order valence-electron chi connectivity index (χ3n) is 5.87. The van der Waals surface area contributed by atoms with Crippen LogP contribution < -0.4 is 0 Å². The van der Waals surface area contributed by atoms with Gasteiger partial charge in [0.1, 0.15) is 5.75 Å². The van der Waals surface area contributed by atoms with Crippen LogP contribution in [-0.4, -0.2) is 10.9 Å². The molecule has 108 valence electrons. The molecule has 2 atom stereocenters. The maximum Gasteiger partial charge on any atom is 0.163 e. The van der Waals surface area contributed by atoms with Crippen LogP contribution in [0.3, 0.4) is 0 Å². The molecule has 2 aliphatic carbocycles. The number of rotatable bonds is 0. The van der Waals surface area contributed by atoms with E-state index in [0.29, 0.717) is 18.1 Å². The lowest BCUT2D eigenvalue weighted by Crippen LogP contribution is -2.49. The highest BCUT2D eigenvalue weighted by molar-refractivity contribution is 6.00. The monoisotopic (exact) mass is 272 g/mol. The van der Waals surface area contributed by atoms with Crippen molar-refractivity contribution in [1.82, 2.24) is 0 Å². The molecule has 0 radical (unpaired) electrons. The van der Waals surface area contributed by atoms with E-state index in [1.165, 1.54) is 12.8 Å². The van der Waals surface area contributed by atoms with Gasteiger partial charge in [-0.05, 0) is 59.8 Å². The van der Waals surface area contributed by atoms with Crippen LogP contribution in [0.2, 0.25) is 0 Å². The van der Waals surface area contributed by atoms with Crippen LogP contribution in [0.1, 0.15) is 67.9 Å². The Morgan fingerprint density at radius 1 is 1.20 bits per heavy atom. The van der Waals surface area contributed by atoms with E-state index in [1.807, 2.05) is 19.1 Å². The van der Waals surface area contributed by atoms with Crippen LogP contribution in [0.4, 0.5) is 0 Å². The summed E-state index contributed by atoms with van der Waals surface area (Å²) in [6, 6.07) is 3.74. The molecule has 0 heterocycles. The lowest BCUT2D eigenvalue weighted by Gasteiger charge is -2.53. The van der Waals surface area contributed by atoms with Gasteiger partial charge in [0.2, 0.25) is 0 Å². The van der Waals surface area contributed by atoms with Crippen molar-refractivity contribution >= 4 is 5.78 Å². The minimum atomic E-state index is 0.0240. The molecular formula is C18H24O2. The smallest absolute Gasteiger partial charge is 0.163 e. The van der Waals surface area contributed by atoms with Crippen LogP contribution in [0, 0.1) is 18.3 Å². The average Bonchev–Trinajstić information content (AvgIpc) is 2.35. The van der Waals surface area contributed by atoms with Crippen LogP contribution in [0.5, 0.6) is 5.75 Å². The van der Waals surface area contributed by atoms with Crippen molar-refractivity contribution in [2.75, 3.05) is 0 Å². The maximum absolute atomic E-state index is 12.6. The topological polar surface area (TPSA) is 37.3 Å². The highest BCUT2D eigenvalue weighted by atomic mass is 16.3. The van der Waals surface area contributed by atoms with Gasteiger partial charge < -0.3 is 5.11 Å². The Bertz CT molecular complexity index is 585. The lowest BCUT2D eigenvalue weighted by molar-refractivity contribution is 0.0367. The number of ketones is 1. The molecule has 1 aromatic rings. The summed E-state index contributed by atoms with van der Waals surface area (Å²) >= 11 is 0. The highest BCUT2D eigenvalue weighted by Gasteiger charge is 2.51. The molecule has 2 heteroatoms. The Morgan fingerprint density at radius 3 is 2.60 bits per heavy atom. The van der Waals surface area contributed by atoms with Gasteiger partial charge in [0.05, 0.1) is 0 Å². The summed E-state index contributed by atoms with van der Waals surface area (Å²) in [5, 5.41) is 10.1. The second kappa shape index (κ2) is 4.09. The molecule has 0 unspecified atom stereocenters. The largest absolute Gasteiger partial charge is 0.508 e. The van der Waals surface area contributed by atoms with Gasteiger partial charge in [0.25, 0.3) is 0 Å². The quantitative estimate of drug-likeness (QED) is 0.761. The number of fused-ring (bicyclic) bond motifs is 3. The predicted molar refractivity (Wildman–Crippen MR) is 80.3 cm³/mol. The van der Waals surface area contributed by atoms with Crippen LogP contribution in [-0.2, 0) is 5.41 Å². The van der Waals surface area contributed by atoms with Gasteiger partial charge in [0.15, 0.2) is 5.78 Å². The number of benzene rings is 1. The molecule has 20 heavy (non-hydrogen) atoms. The third-order valence-corrected chi connectivity index (χ3v) is 5.87. The molecule has 0 amide bonds. The first-order valence-corrected chi connectivity index (χ1v) is 7.63. The van der Waals surface area contributed by atoms with Gasteiger partial charge >= 0.3 is 0 Å². The number of aromatic hydroxyl groups is 1. The number of phenolic OH excluding ortho intramolecular Hbond substituents is 1. The summed E-state index contributed by atoms with van der Waals surface area (Å²) < 4.78 is 0. The van der Waals surface area contributed by atoms with Crippen LogP contribution >= 0.6 is 0 Å². The van der Waals surface area contributed by atoms with Gasteiger partial charge in [0, 0.05) is 12.0 Å². The second-order valence-electron chi connectivity index (χ2n) is 7.62. The summed E-state index contributed by atoms with van der Waals surface area (Å²) in [6.45, 7) is 8.74. The van der Waals surface area contributed by atoms with Gasteiger partial charge in [-0.3, -0.25) is 4.79 Å². The van der Waals surface area contributed by atoms with Gasteiger partial charge in [-0.1, -0.05) is 27.2 Å². The minimum Gasteiger partial charge on any atom is -0.508 e. The number of Topliss-reactive ketones (excluding diaryl/α,β-unsaturated/α-hetero) is 1. The Kier molecular flexibility index (Phi) is 2.80. The fraction of sp³-hybridized carbons (Fsp3) is 0.611. The SMILES string of the molecule is Cc1cc2c(cc1O)[C@]1(C)CCCC(C)(C)[C@H]1CC2=O. The summed E-state index contributed by atoms with van der Waals surface area (Å²) in [6.07, 6.45) is 4.15. The normalized spacial score (nSPS) is 31.6. The minimum absolute atomic E-state index is 0.0240. The summed E-state index contributed by atoms with van der Waals surface area (Å²) in [5.74, 6) is 0.952. The van der Waals surface area contributed by atoms with Gasteiger partial charge in [-0.15, -0.1) is 0 Å². The maximum atomic E-state index is 12.6. The number of carbonyl (C=O) groups is 1. The summed E-state index contributed by atoms with van der Waals surface area (Å²) in [5.41, 5.74) is 2.94. The first kappa shape index (κ1) is 13.7. The zero-order chi connectivity index (χ0) is 14.7. The molecule has 1 fully saturated rings.